The third-order valence-electron chi connectivity index (χ3n) is 4.97. The van der Waals surface area contributed by atoms with Crippen LogP contribution in [0.3, 0.4) is 0 Å². The average Bonchev–Trinajstić information content (AvgIpc) is 3.32. The molecule has 0 amide bonds. The van der Waals surface area contributed by atoms with Gasteiger partial charge in [0.2, 0.25) is 0 Å². The number of rotatable bonds is 3. The average molecular weight is 399 g/mol. The summed E-state index contributed by atoms with van der Waals surface area (Å²) in [6.07, 6.45) is -1.69. The third kappa shape index (κ3) is 3.08. The number of hydrogen-bond acceptors (Lipinski definition) is 6. The van der Waals surface area contributed by atoms with Gasteiger partial charge in [-0.1, -0.05) is 0 Å². The highest BCUT2D eigenvalue weighted by atomic mass is 19.3. The van der Waals surface area contributed by atoms with Gasteiger partial charge in [0, 0.05) is 18.7 Å². The van der Waals surface area contributed by atoms with E-state index in [2.05, 4.69) is 24.3 Å². The number of alkyl halides is 2. The lowest BCUT2D eigenvalue weighted by Gasteiger charge is -2.20. The molecule has 0 radical (unpaired) electrons. The normalized spacial score (nSPS) is 17.1. The number of carbonyl (C=O) groups is 1. The fourth-order valence-corrected chi connectivity index (χ4v) is 3.62. The van der Waals surface area contributed by atoms with E-state index in [0.717, 1.165) is 25.9 Å². The number of hydrogen-bond donors (Lipinski definition) is 1. The molecule has 29 heavy (non-hydrogen) atoms. The zero-order chi connectivity index (χ0) is 20.2. The molecule has 5 rings (SSSR count). The van der Waals surface area contributed by atoms with Crippen molar-refractivity contribution in [2.45, 2.75) is 19.1 Å². The van der Waals surface area contributed by atoms with E-state index in [9.17, 15) is 18.7 Å². The first-order valence-corrected chi connectivity index (χ1v) is 9.10. The Labute approximate surface area is 163 Å². The topological polar surface area (TPSA) is 84.8 Å². The van der Waals surface area contributed by atoms with Gasteiger partial charge in [-0.2, -0.15) is 0 Å². The van der Waals surface area contributed by atoms with Crippen LogP contribution in [-0.2, 0) is 0 Å². The summed E-state index contributed by atoms with van der Waals surface area (Å²) < 4.78 is 35.8. The van der Waals surface area contributed by atoms with Crippen molar-refractivity contribution in [3.63, 3.8) is 0 Å². The van der Waals surface area contributed by atoms with Crippen molar-refractivity contribution in [1.29, 1.82) is 0 Å². The smallest absolute Gasteiger partial charge is 0.478 e. The van der Waals surface area contributed by atoms with E-state index in [1.165, 1.54) is 24.3 Å². The summed E-state index contributed by atoms with van der Waals surface area (Å²) in [5.74, 6) is -0.565. The number of ether oxygens (including phenoxy) is 2. The van der Waals surface area contributed by atoms with Crippen molar-refractivity contribution in [2.24, 2.45) is 0 Å². The minimum absolute atomic E-state index is 0.0404. The van der Waals surface area contributed by atoms with Crippen LogP contribution in [0.1, 0.15) is 23.2 Å². The Bertz CT molecular complexity index is 1150. The molecule has 1 fully saturated rings. The fraction of sp³-hybridized carbons (Fsp3) is 0.250. The van der Waals surface area contributed by atoms with Gasteiger partial charge >= 0.3 is 12.3 Å². The molecule has 3 aromatic rings. The molecule has 0 bridgehead atoms. The van der Waals surface area contributed by atoms with E-state index in [4.69, 9.17) is 0 Å². The molecule has 0 aliphatic carbocycles. The highest BCUT2D eigenvalue weighted by Crippen LogP contribution is 2.44. The standard InChI is InChI=1S/C20H15F2N3O4/c21-20(22)28-15-6-4-11(10-16(15)29-20)17-18(25-7-1-2-8-25)24-14-9-12(19(26)27)3-5-13(14)23-17/h3-6,9-10H,1-2,7-8H2,(H,26,27). The number of nitrogens with zero attached hydrogens (tertiary/aromatic N) is 3. The van der Waals surface area contributed by atoms with E-state index in [0.29, 0.717) is 28.1 Å². The molecular weight excluding hydrogens is 384 g/mol. The second-order valence-electron chi connectivity index (χ2n) is 6.93. The van der Waals surface area contributed by atoms with Crippen molar-refractivity contribution in [2.75, 3.05) is 18.0 Å². The second kappa shape index (κ2) is 6.26. The summed E-state index contributed by atoms with van der Waals surface area (Å²) >= 11 is 0. The number of carboxylic acids is 1. The van der Waals surface area contributed by atoms with Crippen molar-refractivity contribution >= 4 is 22.8 Å². The molecular formula is C20H15F2N3O4. The molecule has 2 aliphatic rings. The first kappa shape index (κ1) is 17.6. The molecule has 2 aliphatic heterocycles. The van der Waals surface area contributed by atoms with Gasteiger partial charge < -0.3 is 19.5 Å². The molecule has 1 saturated heterocycles. The first-order chi connectivity index (χ1) is 13.9. The van der Waals surface area contributed by atoms with Gasteiger partial charge in [-0.25, -0.2) is 14.8 Å². The van der Waals surface area contributed by atoms with Crippen molar-refractivity contribution in [3.8, 4) is 22.8 Å². The molecule has 148 valence electrons. The molecule has 0 atom stereocenters. The van der Waals surface area contributed by atoms with Crippen LogP contribution in [0.2, 0.25) is 0 Å². The largest absolute Gasteiger partial charge is 0.586 e. The zero-order valence-corrected chi connectivity index (χ0v) is 15.1. The van der Waals surface area contributed by atoms with Gasteiger partial charge in [0.25, 0.3) is 0 Å². The van der Waals surface area contributed by atoms with Crippen molar-refractivity contribution in [1.82, 2.24) is 9.97 Å². The fourth-order valence-electron chi connectivity index (χ4n) is 3.62. The lowest BCUT2D eigenvalue weighted by atomic mass is 10.1. The summed E-state index contributed by atoms with van der Waals surface area (Å²) in [5.41, 5.74) is 2.17. The predicted molar refractivity (Wildman–Crippen MR) is 99.6 cm³/mol. The maximum atomic E-state index is 13.4. The van der Waals surface area contributed by atoms with Crippen molar-refractivity contribution in [3.05, 3.63) is 42.0 Å². The van der Waals surface area contributed by atoms with Gasteiger partial charge in [0.1, 0.15) is 5.69 Å². The predicted octanol–water partition coefficient (Wildman–Crippen LogP) is 3.92. The Morgan fingerprint density at radius 3 is 2.52 bits per heavy atom. The SMILES string of the molecule is O=C(O)c1ccc2nc(-c3ccc4c(c3)OC(F)(F)O4)c(N3CCCC3)nc2c1. The number of benzene rings is 2. The number of aromatic carboxylic acids is 1. The minimum Gasteiger partial charge on any atom is -0.478 e. The van der Waals surface area contributed by atoms with Crippen LogP contribution in [0.5, 0.6) is 11.5 Å². The molecule has 7 nitrogen and oxygen atoms in total. The van der Waals surface area contributed by atoms with Crippen LogP contribution >= 0.6 is 0 Å². The molecule has 0 unspecified atom stereocenters. The quantitative estimate of drug-likeness (QED) is 0.715. The number of aromatic nitrogens is 2. The molecule has 3 heterocycles. The molecule has 0 spiro atoms. The third-order valence-corrected chi connectivity index (χ3v) is 4.97. The lowest BCUT2D eigenvalue weighted by Crippen LogP contribution is -2.25. The summed E-state index contributed by atoms with van der Waals surface area (Å²) in [4.78, 5) is 22.7. The molecule has 1 N–H and O–H groups in total. The minimum atomic E-state index is -3.69. The molecule has 0 saturated carbocycles. The summed E-state index contributed by atoms with van der Waals surface area (Å²) in [7, 11) is 0. The number of carboxylic acid groups (broad SMARTS) is 1. The summed E-state index contributed by atoms with van der Waals surface area (Å²) in [6, 6.07) is 9.03. The second-order valence-corrected chi connectivity index (χ2v) is 6.93. The Hall–Kier alpha value is -3.49. The van der Waals surface area contributed by atoms with E-state index in [1.54, 1.807) is 12.1 Å². The van der Waals surface area contributed by atoms with Crippen LogP contribution < -0.4 is 14.4 Å². The van der Waals surface area contributed by atoms with Crippen molar-refractivity contribution < 1.29 is 28.2 Å². The molecule has 9 heteroatoms. The Kier molecular flexibility index (Phi) is 3.80. The van der Waals surface area contributed by atoms with E-state index in [-0.39, 0.29) is 17.1 Å². The van der Waals surface area contributed by atoms with E-state index >= 15 is 0 Å². The summed E-state index contributed by atoms with van der Waals surface area (Å²) in [5, 5.41) is 9.24. The van der Waals surface area contributed by atoms with E-state index < -0.39 is 12.3 Å². The van der Waals surface area contributed by atoms with Gasteiger partial charge in [-0.3, -0.25) is 0 Å². The van der Waals surface area contributed by atoms with Crippen LogP contribution in [0.25, 0.3) is 22.3 Å². The Balaban J connectivity index is 1.67. The van der Waals surface area contributed by atoms with Gasteiger partial charge in [-0.05, 0) is 49.2 Å². The Morgan fingerprint density at radius 1 is 1.00 bits per heavy atom. The Morgan fingerprint density at radius 2 is 1.76 bits per heavy atom. The van der Waals surface area contributed by atoms with Gasteiger partial charge in [0.05, 0.1) is 16.6 Å². The molecule has 1 aromatic heterocycles. The van der Waals surface area contributed by atoms with Crippen LogP contribution in [0.4, 0.5) is 14.6 Å². The van der Waals surface area contributed by atoms with Gasteiger partial charge in [0.15, 0.2) is 17.3 Å². The van der Waals surface area contributed by atoms with Crippen LogP contribution in [0.15, 0.2) is 36.4 Å². The zero-order valence-electron chi connectivity index (χ0n) is 15.1. The summed E-state index contributed by atoms with van der Waals surface area (Å²) in [6.45, 7) is 1.57. The number of anilines is 1. The lowest BCUT2D eigenvalue weighted by molar-refractivity contribution is -0.286. The maximum absolute atomic E-state index is 13.4. The van der Waals surface area contributed by atoms with E-state index in [1.807, 2.05) is 0 Å². The van der Waals surface area contributed by atoms with Crippen LogP contribution in [0, 0.1) is 0 Å². The highest BCUT2D eigenvalue weighted by Gasteiger charge is 2.43. The molecule has 2 aromatic carbocycles. The number of halogens is 2. The number of fused-ring (bicyclic) bond motifs is 2. The van der Waals surface area contributed by atoms with Gasteiger partial charge in [-0.15, -0.1) is 8.78 Å². The maximum Gasteiger partial charge on any atom is 0.586 e. The first-order valence-electron chi connectivity index (χ1n) is 9.10. The van der Waals surface area contributed by atoms with Crippen LogP contribution in [-0.4, -0.2) is 40.4 Å². The highest BCUT2D eigenvalue weighted by molar-refractivity contribution is 5.93. The monoisotopic (exact) mass is 399 g/mol.